The van der Waals surface area contributed by atoms with Crippen LogP contribution in [0.3, 0.4) is 0 Å². The van der Waals surface area contributed by atoms with Crippen molar-refractivity contribution >= 4 is 12.6 Å². The maximum atomic E-state index is 9.63. The van der Waals surface area contributed by atoms with Gasteiger partial charge in [0.25, 0.3) is 0 Å². The quantitative estimate of drug-likeness (QED) is 0.457. The fourth-order valence-electron chi connectivity index (χ4n) is 0.210. The minimum atomic E-state index is -0.546. The van der Waals surface area contributed by atoms with Gasteiger partial charge in [0.15, 0.2) is 0 Å². The predicted molar refractivity (Wildman–Crippen MR) is 34.1 cm³/mol. The maximum Gasteiger partial charge on any atom is 0.124 e. The molecule has 1 atom stereocenters. The highest BCUT2D eigenvalue weighted by Crippen LogP contribution is 1.92. The van der Waals surface area contributed by atoms with Crippen LogP contribution in [0.25, 0.3) is 0 Å². The third-order valence-electron chi connectivity index (χ3n) is 0.645. The highest BCUT2D eigenvalue weighted by atomic mass is 32.1. The molecule has 0 aliphatic carbocycles. The molecule has 0 rings (SSSR count). The molecule has 0 heterocycles. The van der Waals surface area contributed by atoms with Crippen molar-refractivity contribution in [3.63, 3.8) is 0 Å². The lowest BCUT2D eigenvalue weighted by Gasteiger charge is -1.93. The van der Waals surface area contributed by atoms with Gasteiger partial charge in [-0.15, -0.1) is 0 Å². The Bertz CT molecular complexity index is 87.4. The summed E-state index contributed by atoms with van der Waals surface area (Å²) in [6, 6.07) is -0.546. The second-order valence-electron chi connectivity index (χ2n) is 1.25. The number of nitroso groups, excluding NO2 is 2. The normalized spacial score (nSPS) is 12.6. The molecule has 46 valence electrons. The van der Waals surface area contributed by atoms with Crippen LogP contribution >= 0.6 is 12.6 Å². The average Bonchev–Trinajstić information content (AvgIpc) is 1.83. The first-order valence-corrected chi connectivity index (χ1v) is 2.70. The summed E-state index contributed by atoms with van der Waals surface area (Å²) in [4.78, 5) is 19.1. The van der Waals surface area contributed by atoms with Crippen molar-refractivity contribution in [1.82, 2.24) is 0 Å². The Morgan fingerprint density at radius 1 is 1.50 bits per heavy atom. The Labute approximate surface area is 52.0 Å². The van der Waals surface area contributed by atoms with E-state index in [1.165, 1.54) is 0 Å². The highest BCUT2D eigenvalue weighted by Gasteiger charge is 2.03. The zero-order valence-electron chi connectivity index (χ0n) is 4.15. The molecule has 1 unspecified atom stereocenters. The van der Waals surface area contributed by atoms with Crippen molar-refractivity contribution in [2.45, 2.75) is 6.04 Å². The van der Waals surface area contributed by atoms with E-state index in [2.05, 4.69) is 23.0 Å². The number of nitrogens with zero attached hydrogens (tertiary/aromatic N) is 2. The molecule has 0 amide bonds. The van der Waals surface area contributed by atoms with Gasteiger partial charge in [-0.25, -0.2) is 0 Å². The van der Waals surface area contributed by atoms with E-state index < -0.39 is 6.04 Å². The Morgan fingerprint density at radius 2 is 2.12 bits per heavy atom. The average molecular weight is 134 g/mol. The highest BCUT2D eigenvalue weighted by molar-refractivity contribution is 7.80. The minimum Gasteiger partial charge on any atom is -0.177 e. The Morgan fingerprint density at radius 3 is 2.25 bits per heavy atom. The Kier molecular flexibility index (Phi) is 4.44. The first kappa shape index (κ1) is 7.55. The first-order chi connectivity index (χ1) is 3.85. The van der Waals surface area contributed by atoms with Crippen LogP contribution in [0.4, 0.5) is 0 Å². The van der Waals surface area contributed by atoms with Gasteiger partial charge in [0.1, 0.15) is 12.6 Å². The fraction of sp³-hybridized carbons (Fsp3) is 1.00. The lowest BCUT2D eigenvalue weighted by atomic mass is 10.4. The fourth-order valence-corrected chi connectivity index (χ4v) is 0.393. The third kappa shape index (κ3) is 2.68. The largest absolute Gasteiger partial charge is 0.177 e. The number of thiol groups is 1. The Balaban J connectivity index is 3.35. The summed E-state index contributed by atoms with van der Waals surface area (Å²) in [5.41, 5.74) is 0. The van der Waals surface area contributed by atoms with Gasteiger partial charge in [-0.3, -0.25) is 0 Å². The molecule has 0 fully saturated rings. The van der Waals surface area contributed by atoms with E-state index in [4.69, 9.17) is 0 Å². The molecule has 5 heteroatoms. The lowest BCUT2D eigenvalue weighted by Crippen LogP contribution is -2.08. The van der Waals surface area contributed by atoms with Crippen LogP contribution in [0.15, 0.2) is 10.4 Å². The first-order valence-electron chi connectivity index (χ1n) is 2.07. The van der Waals surface area contributed by atoms with Gasteiger partial charge in [0, 0.05) is 5.75 Å². The summed E-state index contributed by atoms with van der Waals surface area (Å²) in [5, 5.41) is 5.06. The lowest BCUT2D eigenvalue weighted by molar-refractivity contribution is 0.758. The van der Waals surface area contributed by atoms with E-state index in [1.807, 2.05) is 0 Å². The summed E-state index contributed by atoms with van der Waals surface area (Å²) in [6.07, 6.45) is 0. The number of rotatable bonds is 4. The molecule has 0 spiro atoms. The van der Waals surface area contributed by atoms with Gasteiger partial charge < -0.3 is 0 Å². The second kappa shape index (κ2) is 4.70. The smallest absolute Gasteiger partial charge is 0.124 e. The molecule has 0 aliphatic rings. The molecule has 0 aromatic carbocycles. The molecule has 0 saturated carbocycles. The monoisotopic (exact) mass is 134 g/mol. The molecular formula is C3H6N2O2S. The van der Waals surface area contributed by atoms with E-state index in [1.54, 1.807) is 0 Å². The van der Waals surface area contributed by atoms with Gasteiger partial charge in [-0.2, -0.15) is 22.4 Å². The van der Waals surface area contributed by atoms with Crippen LogP contribution in [-0.4, -0.2) is 18.3 Å². The summed E-state index contributed by atoms with van der Waals surface area (Å²) in [6.45, 7) is -0.0625. The summed E-state index contributed by atoms with van der Waals surface area (Å²) in [5.74, 6) is 0.287. The zero-order valence-corrected chi connectivity index (χ0v) is 5.04. The van der Waals surface area contributed by atoms with Gasteiger partial charge >= 0.3 is 0 Å². The van der Waals surface area contributed by atoms with Gasteiger partial charge in [-0.05, 0) is 0 Å². The number of hydrogen-bond acceptors (Lipinski definition) is 5. The molecule has 8 heavy (non-hydrogen) atoms. The van der Waals surface area contributed by atoms with Crippen LogP contribution in [0.5, 0.6) is 0 Å². The molecule has 0 aliphatic heterocycles. The van der Waals surface area contributed by atoms with Crippen molar-refractivity contribution in [3.05, 3.63) is 9.81 Å². The summed E-state index contributed by atoms with van der Waals surface area (Å²) >= 11 is 3.74. The third-order valence-corrected chi connectivity index (χ3v) is 1.07. The molecule has 4 nitrogen and oxygen atoms in total. The molecular weight excluding hydrogens is 128 g/mol. The standard InChI is InChI=1S/C3H6N2O2S/c6-4-1-3(2-8)5-7/h3,8H,1-2H2. The van der Waals surface area contributed by atoms with Crippen LogP contribution in [0.2, 0.25) is 0 Å². The molecule has 0 radical (unpaired) electrons. The van der Waals surface area contributed by atoms with Crippen molar-refractivity contribution in [3.8, 4) is 0 Å². The van der Waals surface area contributed by atoms with Crippen molar-refractivity contribution in [1.29, 1.82) is 0 Å². The van der Waals surface area contributed by atoms with Gasteiger partial charge in [0.05, 0.1) is 0 Å². The molecule has 0 saturated heterocycles. The molecule has 0 aromatic heterocycles. The molecule has 0 bridgehead atoms. The zero-order chi connectivity index (χ0) is 6.41. The van der Waals surface area contributed by atoms with Gasteiger partial charge in [-0.1, -0.05) is 10.4 Å². The maximum absolute atomic E-state index is 9.63. The second-order valence-corrected chi connectivity index (χ2v) is 1.62. The molecule has 0 N–H and O–H groups in total. The summed E-state index contributed by atoms with van der Waals surface area (Å²) < 4.78 is 0. The van der Waals surface area contributed by atoms with Crippen molar-refractivity contribution in [2.75, 3.05) is 12.3 Å². The van der Waals surface area contributed by atoms with E-state index in [-0.39, 0.29) is 12.3 Å². The minimum absolute atomic E-state index is 0.0625. The van der Waals surface area contributed by atoms with Gasteiger partial charge in [0.2, 0.25) is 0 Å². The van der Waals surface area contributed by atoms with Crippen LogP contribution in [0, 0.1) is 9.81 Å². The van der Waals surface area contributed by atoms with E-state index in [0.717, 1.165) is 0 Å². The van der Waals surface area contributed by atoms with E-state index >= 15 is 0 Å². The topological polar surface area (TPSA) is 58.9 Å². The Hall–Kier alpha value is -0.450. The molecule has 0 aromatic rings. The van der Waals surface area contributed by atoms with Crippen molar-refractivity contribution < 1.29 is 0 Å². The summed E-state index contributed by atoms with van der Waals surface area (Å²) in [7, 11) is 0. The van der Waals surface area contributed by atoms with Crippen LogP contribution in [0.1, 0.15) is 0 Å². The van der Waals surface area contributed by atoms with E-state index in [0.29, 0.717) is 0 Å². The van der Waals surface area contributed by atoms with E-state index in [9.17, 15) is 9.81 Å². The van der Waals surface area contributed by atoms with Crippen LogP contribution < -0.4 is 0 Å². The van der Waals surface area contributed by atoms with Crippen molar-refractivity contribution in [2.24, 2.45) is 10.4 Å². The predicted octanol–water partition coefficient (Wildman–Crippen LogP) is 0.818. The number of hydrogen-bond donors (Lipinski definition) is 1. The SMILES string of the molecule is O=NCC(CS)N=O. The van der Waals surface area contributed by atoms with Crippen LogP contribution in [-0.2, 0) is 0 Å².